The van der Waals surface area contributed by atoms with Gasteiger partial charge in [-0.25, -0.2) is 0 Å². The van der Waals surface area contributed by atoms with Crippen molar-refractivity contribution in [3.05, 3.63) is 59.7 Å². The number of rotatable bonds is 8. The monoisotopic (exact) mass is 343 g/mol. The fraction of sp³-hybridized carbons (Fsp3) is 0.263. The van der Waals surface area contributed by atoms with Gasteiger partial charge in [0.2, 0.25) is 5.91 Å². The Labute approximate surface area is 146 Å². The van der Waals surface area contributed by atoms with Gasteiger partial charge in [0.05, 0.1) is 26.6 Å². The minimum absolute atomic E-state index is 0.0183. The lowest BCUT2D eigenvalue weighted by Gasteiger charge is -2.15. The number of benzene rings is 2. The van der Waals surface area contributed by atoms with E-state index in [1.807, 2.05) is 6.07 Å². The number of carbonyl (C=O) groups is 2. The van der Waals surface area contributed by atoms with Gasteiger partial charge in [-0.2, -0.15) is 0 Å². The van der Waals surface area contributed by atoms with Gasteiger partial charge in [-0.15, -0.1) is 0 Å². The average Bonchev–Trinajstić information content (AvgIpc) is 2.62. The number of nitrogens with one attached hydrogen (secondary N) is 1. The molecule has 0 heterocycles. The van der Waals surface area contributed by atoms with Crippen molar-refractivity contribution < 1.29 is 24.2 Å². The Kier molecular flexibility index (Phi) is 6.39. The molecule has 1 amide bonds. The number of methoxy groups -OCH3 is 2. The zero-order valence-corrected chi connectivity index (χ0v) is 14.2. The third-order valence-corrected chi connectivity index (χ3v) is 3.84. The van der Waals surface area contributed by atoms with Crippen LogP contribution in [0.1, 0.15) is 17.0 Å². The summed E-state index contributed by atoms with van der Waals surface area (Å²) in [5, 5.41) is 12.1. The first-order chi connectivity index (χ1) is 12.0. The number of amides is 1. The molecule has 2 N–H and O–H groups in total. The molecular weight excluding hydrogens is 322 g/mol. The van der Waals surface area contributed by atoms with Crippen LogP contribution in [0.5, 0.6) is 11.5 Å². The molecule has 1 unspecified atom stereocenters. The summed E-state index contributed by atoms with van der Waals surface area (Å²) in [6.45, 7) is 0.0183. The highest BCUT2D eigenvalue weighted by atomic mass is 16.5. The highest BCUT2D eigenvalue weighted by Crippen LogP contribution is 2.24. The van der Waals surface area contributed by atoms with Gasteiger partial charge in [0.1, 0.15) is 11.5 Å². The van der Waals surface area contributed by atoms with Crippen LogP contribution < -0.4 is 14.8 Å². The predicted molar refractivity (Wildman–Crippen MR) is 93.1 cm³/mol. The smallest absolute Gasteiger partial charge is 0.312 e. The van der Waals surface area contributed by atoms with Crippen molar-refractivity contribution in [1.82, 2.24) is 5.32 Å². The van der Waals surface area contributed by atoms with Crippen LogP contribution in [0.4, 0.5) is 0 Å². The molecule has 0 saturated carbocycles. The molecule has 0 saturated heterocycles. The lowest BCUT2D eigenvalue weighted by Crippen LogP contribution is -2.32. The summed E-state index contributed by atoms with van der Waals surface area (Å²) < 4.78 is 10.4. The zero-order valence-electron chi connectivity index (χ0n) is 14.2. The Hall–Kier alpha value is -3.02. The molecule has 0 aliphatic carbocycles. The number of carboxylic acid groups (broad SMARTS) is 1. The largest absolute Gasteiger partial charge is 0.497 e. The van der Waals surface area contributed by atoms with Crippen LogP contribution in [-0.2, 0) is 16.0 Å². The first kappa shape index (κ1) is 18.3. The second kappa shape index (κ2) is 8.73. The number of carbonyl (C=O) groups excluding carboxylic acids is 1. The van der Waals surface area contributed by atoms with Gasteiger partial charge in [-0.05, 0) is 23.8 Å². The number of hydrogen-bond donors (Lipinski definition) is 2. The van der Waals surface area contributed by atoms with Gasteiger partial charge < -0.3 is 19.9 Å². The maximum atomic E-state index is 12.2. The Balaban J connectivity index is 2.03. The van der Waals surface area contributed by atoms with Gasteiger partial charge in [0.25, 0.3) is 0 Å². The van der Waals surface area contributed by atoms with Crippen LogP contribution in [0.2, 0.25) is 0 Å². The van der Waals surface area contributed by atoms with Crippen LogP contribution in [0, 0.1) is 0 Å². The molecule has 6 nitrogen and oxygen atoms in total. The van der Waals surface area contributed by atoms with Gasteiger partial charge in [-0.3, -0.25) is 9.59 Å². The van der Waals surface area contributed by atoms with Crippen molar-refractivity contribution >= 4 is 11.9 Å². The second-order valence-corrected chi connectivity index (χ2v) is 5.46. The summed E-state index contributed by atoms with van der Waals surface area (Å²) in [5.74, 6) is -0.860. The van der Waals surface area contributed by atoms with Gasteiger partial charge in [-0.1, -0.05) is 30.3 Å². The van der Waals surface area contributed by atoms with Crippen LogP contribution >= 0.6 is 0 Å². The lowest BCUT2D eigenvalue weighted by molar-refractivity contribution is -0.138. The van der Waals surface area contributed by atoms with E-state index < -0.39 is 11.9 Å². The normalized spacial score (nSPS) is 11.4. The Morgan fingerprint density at radius 2 is 1.80 bits per heavy atom. The van der Waals surface area contributed by atoms with Gasteiger partial charge in [0, 0.05) is 12.1 Å². The first-order valence-corrected chi connectivity index (χ1v) is 7.80. The Morgan fingerprint density at radius 1 is 1.08 bits per heavy atom. The summed E-state index contributed by atoms with van der Waals surface area (Å²) >= 11 is 0. The van der Waals surface area contributed by atoms with E-state index in [4.69, 9.17) is 9.47 Å². The maximum absolute atomic E-state index is 12.2. The van der Waals surface area contributed by atoms with Crippen molar-refractivity contribution in [1.29, 1.82) is 0 Å². The minimum Gasteiger partial charge on any atom is -0.497 e. The highest BCUT2D eigenvalue weighted by molar-refractivity contribution is 5.81. The number of hydrogen-bond acceptors (Lipinski definition) is 4. The van der Waals surface area contributed by atoms with Crippen molar-refractivity contribution in [2.24, 2.45) is 0 Å². The summed E-state index contributed by atoms with van der Waals surface area (Å²) in [6, 6.07) is 14.0. The molecule has 6 heteroatoms. The molecule has 0 aliphatic heterocycles. The zero-order chi connectivity index (χ0) is 18.2. The summed E-state index contributed by atoms with van der Waals surface area (Å²) in [5.41, 5.74) is 1.32. The molecule has 132 valence electrons. The van der Waals surface area contributed by atoms with E-state index in [2.05, 4.69) is 5.32 Å². The predicted octanol–water partition coefficient (Wildman–Crippen LogP) is 2.23. The second-order valence-electron chi connectivity index (χ2n) is 5.46. The van der Waals surface area contributed by atoms with Crippen molar-refractivity contribution in [2.75, 3.05) is 20.8 Å². The maximum Gasteiger partial charge on any atom is 0.312 e. The third-order valence-electron chi connectivity index (χ3n) is 3.84. The summed E-state index contributed by atoms with van der Waals surface area (Å²) in [4.78, 5) is 23.7. The average molecular weight is 343 g/mol. The van der Waals surface area contributed by atoms with Crippen molar-refractivity contribution in [2.45, 2.75) is 12.3 Å². The number of aliphatic carboxylic acids is 1. The molecule has 1 atom stereocenters. The van der Waals surface area contributed by atoms with E-state index in [9.17, 15) is 14.7 Å². The van der Waals surface area contributed by atoms with Crippen LogP contribution in [-0.4, -0.2) is 37.7 Å². The topological polar surface area (TPSA) is 84.9 Å². The van der Waals surface area contributed by atoms with Crippen molar-refractivity contribution in [3.8, 4) is 11.5 Å². The molecule has 0 aliphatic rings. The van der Waals surface area contributed by atoms with E-state index in [1.54, 1.807) is 49.6 Å². The molecule has 0 bridgehead atoms. The first-order valence-electron chi connectivity index (χ1n) is 7.80. The Bertz CT molecular complexity index is 730. The molecular formula is C19H21NO5. The summed E-state index contributed by atoms with van der Waals surface area (Å²) in [6.07, 6.45) is 0.0709. The fourth-order valence-electron chi connectivity index (χ4n) is 2.50. The Morgan fingerprint density at radius 3 is 2.40 bits per heavy atom. The third kappa shape index (κ3) is 4.97. The molecule has 2 aromatic carbocycles. The lowest BCUT2D eigenvalue weighted by atomic mass is 9.99. The van der Waals surface area contributed by atoms with Crippen LogP contribution in [0.3, 0.4) is 0 Å². The summed E-state index contributed by atoms with van der Waals surface area (Å²) in [7, 11) is 3.07. The minimum atomic E-state index is -0.981. The van der Waals surface area contributed by atoms with Gasteiger partial charge in [0.15, 0.2) is 0 Å². The molecule has 0 aromatic heterocycles. The van der Waals surface area contributed by atoms with Gasteiger partial charge >= 0.3 is 5.97 Å². The quantitative estimate of drug-likeness (QED) is 0.768. The van der Waals surface area contributed by atoms with E-state index in [1.165, 1.54) is 7.11 Å². The molecule has 2 rings (SSSR count). The molecule has 0 radical (unpaired) electrons. The van der Waals surface area contributed by atoms with Crippen LogP contribution in [0.15, 0.2) is 48.5 Å². The highest BCUT2D eigenvalue weighted by Gasteiger charge is 2.20. The van der Waals surface area contributed by atoms with Crippen molar-refractivity contribution in [3.63, 3.8) is 0 Å². The van der Waals surface area contributed by atoms with E-state index in [0.717, 1.165) is 0 Å². The van der Waals surface area contributed by atoms with Crippen LogP contribution in [0.25, 0.3) is 0 Å². The number of ether oxygens (including phenoxy) is 2. The molecule has 25 heavy (non-hydrogen) atoms. The SMILES string of the molecule is COc1ccc(OC)c(CC(=O)NCC(C(=O)O)c2ccccc2)c1. The standard InChI is InChI=1S/C19H21NO5/c1-24-15-8-9-17(25-2)14(10-15)11-18(21)20-12-16(19(22)23)13-6-4-3-5-7-13/h3-10,16H,11-12H2,1-2H3,(H,20,21)(H,22,23). The van der Waals surface area contributed by atoms with E-state index >= 15 is 0 Å². The number of carboxylic acids is 1. The molecule has 0 spiro atoms. The van der Waals surface area contributed by atoms with E-state index in [-0.39, 0.29) is 18.9 Å². The molecule has 0 fully saturated rings. The molecule has 2 aromatic rings. The fourth-order valence-corrected chi connectivity index (χ4v) is 2.50. The van der Waals surface area contributed by atoms with E-state index in [0.29, 0.717) is 22.6 Å².